The molecule has 4 heteroatoms. The second-order valence-electron chi connectivity index (χ2n) is 12.6. The van der Waals surface area contributed by atoms with Gasteiger partial charge in [0.15, 0.2) is 0 Å². The summed E-state index contributed by atoms with van der Waals surface area (Å²) in [5, 5.41) is 21.3. The van der Waals surface area contributed by atoms with Crippen LogP contribution in [0.3, 0.4) is 0 Å². The van der Waals surface area contributed by atoms with E-state index in [-0.39, 0.29) is 5.41 Å². The molecule has 6 rings (SSSR count). The fraction of sp³-hybridized carbons (Fsp3) is 0.867. The smallest absolute Gasteiger partial charge is 0.128 e. The van der Waals surface area contributed by atoms with Gasteiger partial charge in [-0.25, -0.2) is 0 Å². The van der Waals surface area contributed by atoms with Crippen LogP contribution in [0.4, 0.5) is 0 Å². The molecule has 0 aromatic heterocycles. The van der Waals surface area contributed by atoms with Crippen LogP contribution < -0.4 is 0 Å². The molecule has 4 fully saturated rings. The average molecular weight is 474 g/mol. The van der Waals surface area contributed by atoms with Gasteiger partial charge in [-0.2, -0.15) is 0 Å². The molecule has 0 aromatic rings. The molecule has 34 heavy (non-hydrogen) atoms. The molecular weight excluding hydrogens is 422 g/mol. The van der Waals surface area contributed by atoms with E-state index in [0.29, 0.717) is 29.9 Å². The Kier molecular flexibility index (Phi) is 7.64. The predicted molar refractivity (Wildman–Crippen MR) is 138 cm³/mol. The van der Waals surface area contributed by atoms with Crippen LogP contribution in [0.5, 0.6) is 0 Å². The standard InChI is InChI=1S/C25H39NO3.C3H6.C2H6/c1-23-10-7-17-12-21-16(14-26(28)29-21)13-24(17,2)22(23)6-5-18-19(23)8-11-25(15-27)9-3-4-20(18)25;1-3-2;1-2/h17-20,22,27-28H,3-15H2,1-2H3;3H,1H2,2H3;1-2H3. The molecule has 1 heterocycles. The summed E-state index contributed by atoms with van der Waals surface area (Å²) in [6.07, 6.45) is 15.9. The fourth-order valence-electron chi connectivity index (χ4n) is 10.2. The van der Waals surface area contributed by atoms with Crippen LogP contribution in [0, 0.1) is 45.8 Å². The fourth-order valence-corrected chi connectivity index (χ4v) is 10.2. The van der Waals surface area contributed by atoms with Crippen molar-refractivity contribution in [2.75, 3.05) is 13.2 Å². The third kappa shape index (κ3) is 3.91. The first kappa shape index (κ1) is 26.2. The van der Waals surface area contributed by atoms with Gasteiger partial charge in [-0.05, 0) is 121 Å². The summed E-state index contributed by atoms with van der Waals surface area (Å²) < 4.78 is 0. The van der Waals surface area contributed by atoms with Crippen molar-refractivity contribution in [1.29, 1.82) is 0 Å². The first-order chi connectivity index (χ1) is 16.3. The molecule has 0 radical (unpaired) electrons. The van der Waals surface area contributed by atoms with E-state index in [1.807, 2.05) is 20.8 Å². The van der Waals surface area contributed by atoms with E-state index in [0.717, 1.165) is 47.5 Å². The van der Waals surface area contributed by atoms with Crippen molar-refractivity contribution < 1.29 is 15.2 Å². The SMILES string of the molecule is C=CC.CC.CC12CC3=C(CC1CCC1(C)C4CCC5(CO)CCCC5C4CCC21)ON(O)C3. The highest BCUT2D eigenvalue weighted by Gasteiger charge is 2.64. The molecule has 5 aliphatic carbocycles. The largest absolute Gasteiger partial charge is 0.396 e. The van der Waals surface area contributed by atoms with Gasteiger partial charge in [-0.3, -0.25) is 5.21 Å². The van der Waals surface area contributed by atoms with Gasteiger partial charge in [-0.1, -0.05) is 40.2 Å². The monoisotopic (exact) mass is 473 g/mol. The van der Waals surface area contributed by atoms with Crippen LogP contribution in [0.2, 0.25) is 0 Å². The van der Waals surface area contributed by atoms with Crippen LogP contribution in [0.1, 0.15) is 105 Å². The van der Waals surface area contributed by atoms with Crippen molar-refractivity contribution in [3.8, 4) is 0 Å². The molecule has 194 valence electrons. The van der Waals surface area contributed by atoms with E-state index < -0.39 is 0 Å². The van der Waals surface area contributed by atoms with Crippen molar-refractivity contribution in [2.24, 2.45) is 45.8 Å². The van der Waals surface area contributed by atoms with Gasteiger partial charge in [-0.15, -0.1) is 6.58 Å². The van der Waals surface area contributed by atoms with Crippen molar-refractivity contribution in [1.82, 2.24) is 5.23 Å². The minimum atomic E-state index is 0.266. The molecule has 2 N–H and O–H groups in total. The number of nitrogens with zero attached hydrogens (tertiary/aromatic N) is 1. The normalized spacial score (nSPS) is 46.7. The first-order valence-electron chi connectivity index (χ1n) is 14.3. The summed E-state index contributed by atoms with van der Waals surface area (Å²) in [6, 6.07) is 0. The molecule has 4 nitrogen and oxygen atoms in total. The lowest BCUT2D eigenvalue weighted by molar-refractivity contribution is -0.300. The van der Waals surface area contributed by atoms with E-state index in [9.17, 15) is 10.3 Å². The maximum atomic E-state index is 10.3. The van der Waals surface area contributed by atoms with E-state index in [1.54, 1.807) is 6.08 Å². The molecule has 0 amide bonds. The number of hydrogen-bond donors (Lipinski definition) is 2. The molecule has 8 atom stereocenters. The molecular formula is C30H51NO3. The van der Waals surface area contributed by atoms with E-state index in [4.69, 9.17) is 4.84 Å². The number of rotatable bonds is 1. The van der Waals surface area contributed by atoms with Crippen molar-refractivity contribution >= 4 is 0 Å². The van der Waals surface area contributed by atoms with Gasteiger partial charge in [0.25, 0.3) is 0 Å². The van der Waals surface area contributed by atoms with E-state index in [1.165, 1.54) is 63.4 Å². The zero-order valence-electron chi connectivity index (χ0n) is 22.6. The second kappa shape index (κ2) is 9.90. The Morgan fingerprint density at radius 1 is 1.03 bits per heavy atom. The number of allylic oxidation sites excluding steroid dienone is 2. The maximum Gasteiger partial charge on any atom is 0.128 e. The highest BCUT2D eigenvalue weighted by Crippen LogP contribution is 2.71. The van der Waals surface area contributed by atoms with Crippen molar-refractivity contribution in [2.45, 2.75) is 105 Å². The van der Waals surface area contributed by atoms with Gasteiger partial charge in [0.1, 0.15) is 5.76 Å². The Labute approximate surface area is 208 Å². The van der Waals surface area contributed by atoms with Gasteiger partial charge >= 0.3 is 0 Å². The third-order valence-corrected chi connectivity index (χ3v) is 11.4. The van der Waals surface area contributed by atoms with Crippen molar-refractivity contribution in [3.05, 3.63) is 24.0 Å². The van der Waals surface area contributed by atoms with Crippen LogP contribution in [0.25, 0.3) is 0 Å². The van der Waals surface area contributed by atoms with Crippen LogP contribution in [-0.4, -0.2) is 28.7 Å². The Bertz CT molecular complexity index is 779. The summed E-state index contributed by atoms with van der Waals surface area (Å²) in [7, 11) is 0. The number of aliphatic hydroxyl groups is 1. The quantitative estimate of drug-likeness (QED) is 0.387. The maximum absolute atomic E-state index is 10.3. The van der Waals surface area contributed by atoms with E-state index in [2.05, 4.69) is 20.4 Å². The molecule has 8 unspecified atom stereocenters. The van der Waals surface area contributed by atoms with Crippen LogP contribution in [-0.2, 0) is 4.84 Å². The molecule has 4 saturated carbocycles. The zero-order chi connectivity index (χ0) is 24.7. The highest BCUT2D eigenvalue weighted by molar-refractivity contribution is 5.24. The number of hydrogen-bond acceptors (Lipinski definition) is 4. The summed E-state index contributed by atoms with van der Waals surface area (Å²) in [5.41, 5.74) is 2.43. The van der Waals surface area contributed by atoms with Gasteiger partial charge in [0.05, 0.1) is 6.54 Å². The molecule has 0 spiro atoms. The molecule has 1 aliphatic heterocycles. The lowest BCUT2D eigenvalue weighted by Gasteiger charge is -2.66. The minimum absolute atomic E-state index is 0.266. The summed E-state index contributed by atoms with van der Waals surface area (Å²) >= 11 is 0. The van der Waals surface area contributed by atoms with E-state index >= 15 is 0 Å². The van der Waals surface area contributed by atoms with Gasteiger partial charge in [0, 0.05) is 13.0 Å². The topological polar surface area (TPSA) is 52.9 Å². The zero-order valence-corrected chi connectivity index (χ0v) is 22.6. The number of aliphatic hydroxyl groups excluding tert-OH is 1. The predicted octanol–water partition coefficient (Wildman–Crippen LogP) is 7.53. The highest BCUT2D eigenvalue weighted by atomic mass is 16.9. The third-order valence-electron chi connectivity index (χ3n) is 11.4. The van der Waals surface area contributed by atoms with Crippen molar-refractivity contribution in [3.63, 3.8) is 0 Å². The second-order valence-corrected chi connectivity index (χ2v) is 12.6. The lowest BCUT2D eigenvalue weighted by Crippen LogP contribution is -2.59. The average Bonchev–Trinajstić information content (AvgIpc) is 3.41. The Morgan fingerprint density at radius 2 is 1.76 bits per heavy atom. The lowest BCUT2D eigenvalue weighted by atomic mass is 9.38. The van der Waals surface area contributed by atoms with Crippen LogP contribution in [0.15, 0.2) is 24.0 Å². The molecule has 6 aliphatic rings. The van der Waals surface area contributed by atoms with Gasteiger partial charge in [0.2, 0.25) is 0 Å². The number of fused-ring (bicyclic) bond motifs is 7. The first-order valence-corrected chi connectivity index (χ1v) is 14.3. The Morgan fingerprint density at radius 3 is 2.47 bits per heavy atom. The number of hydroxylamine groups is 2. The molecule has 0 saturated heterocycles. The molecule has 0 aromatic carbocycles. The Balaban J connectivity index is 0.000000510. The summed E-state index contributed by atoms with van der Waals surface area (Å²) in [4.78, 5) is 5.62. The summed E-state index contributed by atoms with van der Waals surface area (Å²) in [6.45, 7) is 15.5. The van der Waals surface area contributed by atoms with Crippen LogP contribution >= 0.6 is 0 Å². The van der Waals surface area contributed by atoms with Gasteiger partial charge < -0.3 is 9.94 Å². The summed E-state index contributed by atoms with van der Waals surface area (Å²) in [5.74, 6) is 5.05. The molecule has 0 bridgehead atoms. The minimum Gasteiger partial charge on any atom is -0.396 e. The Hall–Kier alpha value is -0.840.